The van der Waals surface area contributed by atoms with Crippen molar-refractivity contribution in [2.75, 3.05) is 13.2 Å². The monoisotopic (exact) mass is 660 g/mol. The summed E-state index contributed by atoms with van der Waals surface area (Å²) in [6.07, 6.45) is 33.6. The maximum absolute atomic E-state index is 12.3. The first-order chi connectivity index (χ1) is 21.8. The molecule has 0 saturated heterocycles. The summed E-state index contributed by atoms with van der Waals surface area (Å²) in [7, 11) is -4.74. The Morgan fingerprint density at radius 3 is 1.42 bits per heavy atom. The van der Waals surface area contributed by atoms with E-state index in [1.54, 1.807) is 0 Å². The number of carbonyl (C=O) groups excluding carboxylic acids is 2. The molecule has 8 nitrogen and oxygen atoms in total. The van der Waals surface area contributed by atoms with Crippen LogP contribution in [0.2, 0.25) is 0 Å². The van der Waals surface area contributed by atoms with Crippen molar-refractivity contribution < 1.29 is 37.9 Å². The molecule has 2 N–H and O–H groups in total. The molecular formula is C36H69O8P. The van der Waals surface area contributed by atoms with Crippen molar-refractivity contribution in [3.63, 3.8) is 0 Å². The third kappa shape index (κ3) is 35.5. The topological polar surface area (TPSA) is 119 Å². The van der Waals surface area contributed by atoms with Gasteiger partial charge >= 0.3 is 19.8 Å². The molecule has 266 valence electrons. The highest BCUT2D eigenvalue weighted by Gasteiger charge is 2.22. The van der Waals surface area contributed by atoms with Crippen LogP contribution in [0.15, 0.2) is 12.2 Å². The number of esters is 2. The number of hydrogen-bond acceptors (Lipinski definition) is 6. The van der Waals surface area contributed by atoms with Crippen molar-refractivity contribution in [2.24, 2.45) is 0 Å². The van der Waals surface area contributed by atoms with Crippen molar-refractivity contribution >= 4 is 19.8 Å². The van der Waals surface area contributed by atoms with Crippen LogP contribution in [0.3, 0.4) is 0 Å². The molecule has 0 rings (SSSR count). The van der Waals surface area contributed by atoms with Gasteiger partial charge in [0.2, 0.25) is 0 Å². The number of allylic oxidation sites excluding steroid dienone is 2. The first-order valence-electron chi connectivity index (χ1n) is 18.5. The van der Waals surface area contributed by atoms with E-state index in [2.05, 4.69) is 30.5 Å². The number of hydrogen-bond donors (Lipinski definition) is 2. The van der Waals surface area contributed by atoms with E-state index in [9.17, 15) is 14.2 Å². The average molecular weight is 661 g/mol. The minimum atomic E-state index is -4.74. The first kappa shape index (κ1) is 43.8. The van der Waals surface area contributed by atoms with Gasteiger partial charge in [-0.05, 0) is 32.1 Å². The predicted molar refractivity (Wildman–Crippen MR) is 184 cm³/mol. The van der Waals surface area contributed by atoms with E-state index in [0.29, 0.717) is 12.8 Å². The predicted octanol–water partition coefficient (Wildman–Crippen LogP) is 10.7. The summed E-state index contributed by atoms with van der Waals surface area (Å²) in [4.78, 5) is 42.6. The highest BCUT2D eigenvalue weighted by Crippen LogP contribution is 2.36. The van der Waals surface area contributed by atoms with Gasteiger partial charge in [0.05, 0.1) is 6.61 Å². The summed E-state index contributed by atoms with van der Waals surface area (Å²) < 4.78 is 26.3. The van der Waals surface area contributed by atoms with Gasteiger partial charge in [-0.25, -0.2) is 4.57 Å². The standard InChI is InChI=1S/C36H69O8P/c1-3-5-7-9-11-13-15-16-17-18-19-21-23-25-27-29-31-36(38)44-34(33-43-45(39,40)41)32-42-35(37)30-28-26-24-22-20-14-12-10-8-6-4-2/h10,12,34H,3-9,11,13-33H2,1-2H3,(H2,39,40,41)/b12-10-/t34-/m1/s1. The van der Waals surface area contributed by atoms with Gasteiger partial charge in [-0.15, -0.1) is 0 Å². The molecule has 45 heavy (non-hydrogen) atoms. The van der Waals surface area contributed by atoms with E-state index in [1.165, 1.54) is 89.9 Å². The summed E-state index contributed by atoms with van der Waals surface area (Å²) in [5.41, 5.74) is 0. The number of phosphoric ester groups is 1. The van der Waals surface area contributed by atoms with Crippen LogP contribution in [0.5, 0.6) is 0 Å². The van der Waals surface area contributed by atoms with Gasteiger partial charge in [-0.2, -0.15) is 0 Å². The molecule has 9 heteroatoms. The fraction of sp³-hybridized carbons (Fsp3) is 0.889. The van der Waals surface area contributed by atoms with Crippen molar-refractivity contribution in [3.8, 4) is 0 Å². The molecule has 0 aliphatic rings. The van der Waals surface area contributed by atoms with Crippen LogP contribution < -0.4 is 0 Å². The van der Waals surface area contributed by atoms with E-state index in [4.69, 9.17) is 19.3 Å². The second-order valence-electron chi connectivity index (χ2n) is 12.6. The maximum Gasteiger partial charge on any atom is 0.469 e. The lowest BCUT2D eigenvalue weighted by Crippen LogP contribution is -2.29. The Bertz CT molecular complexity index is 751. The molecular weight excluding hydrogens is 591 g/mol. The second-order valence-corrected chi connectivity index (χ2v) is 13.8. The van der Waals surface area contributed by atoms with E-state index in [1.807, 2.05) is 0 Å². The summed E-state index contributed by atoms with van der Waals surface area (Å²) in [5, 5.41) is 0. The number of unbranched alkanes of at least 4 members (excludes halogenated alkanes) is 22. The van der Waals surface area contributed by atoms with Gasteiger partial charge in [0.1, 0.15) is 6.61 Å². The van der Waals surface area contributed by atoms with Gasteiger partial charge in [-0.1, -0.05) is 154 Å². The van der Waals surface area contributed by atoms with Crippen molar-refractivity contribution in [1.29, 1.82) is 0 Å². The van der Waals surface area contributed by atoms with Crippen LogP contribution in [0.1, 0.15) is 187 Å². The van der Waals surface area contributed by atoms with E-state index < -0.39 is 32.5 Å². The van der Waals surface area contributed by atoms with Gasteiger partial charge in [0.25, 0.3) is 0 Å². The summed E-state index contributed by atoms with van der Waals surface area (Å²) in [6, 6.07) is 0. The maximum atomic E-state index is 12.3. The summed E-state index contributed by atoms with van der Waals surface area (Å²) in [6.45, 7) is 3.64. The van der Waals surface area contributed by atoms with Crippen LogP contribution in [-0.4, -0.2) is 41.0 Å². The average Bonchev–Trinajstić information content (AvgIpc) is 3.00. The zero-order valence-corrected chi connectivity index (χ0v) is 29.9. The summed E-state index contributed by atoms with van der Waals surface area (Å²) >= 11 is 0. The molecule has 0 spiro atoms. The lowest BCUT2D eigenvalue weighted by molar-refractivity contribution is -0.161. The fourth-order valence-electron chi connectivity index (χ4n) is 5.24. The van der Waals surface area contributed by atoms with Crippen molar-refractivity contribution in [1.82, 2.24) is 0 Å². The van der Waals surface area contributed by atoms with E-state index >= 15 is 0 Å². The molecule has 0 bridgehead atoms. The van der Waals surface area contributed by atoms with Crippen LogP contribution in [0.25, 0.3) is 0 Å². The highest BCUT2D eigenvalue weighted by atomic mass is 31.2. The Kier molecular flexibility index (Phi) is 31.8. The largest absolute Gasteiger partial charge is 0.469 e. The zero-order valence-electron chi connectivity index (χ0n) is 29.0. The molecule has 0 amide bonds. The van der Waals surface area contributed by atoms with Crippen molar-refractivity contribution in [2.45, 2.75) is 193 Å². The Labute approximate surface area is 276 Å². The third-order valence-electron chi connectivity index (χ3n) is 8.03. The van der Waals surface area contributed by atoms with E-state index in [0.717, 1.165) is 57.8 Å². The Hall–Kier alpha value is -1.21. The van der Waals surface area contributed by atoms with Gasteiger partial charge < -0.3 is 19.3 Å². The quantitative estimate of drug-likeness (QED) is 0.0303. The number of phosphoric acid groups is 1. The van der Waals surface area contributed by atoms with Crippen LogP contribution in [0.4, 0.5) is 0 Å². The normalized spacial score (nSPS) is 12.5. The molecule has 0 aliphatic heterocycles. The van der Waals surface area contributed by atoms with Crippen molar-refractivity contribution in [3.05, 3.63) is 12.2 Å². The lowest BCUT2D eigenvalue weighted by Gasteiger charge is -2.18. The van der Waals surface area contributed by atoms with Crippen LogP contribution in [-0.2, 0) is 28.2 Å². The molecule has 0 fully saturated rings. The number of ether oxygens (including phenoxy) is 2. The van der Waals surface area contributed by atoms with Gasteiger partial charge in [0.15, 0.2) is 6.10 Å². The minimum Gasteiger partial charge on any atom is -0.462 e. The number of carbonyl (C=O) groups is 2. The molecule has 0 aromatic heterocycles. The van der Waals surface area contributed by atoms with E-state index in [-0.39, 0.29) is 19.4 Å². The molecule has 0 saturated carbocycles. The molecule has 0 unspecified atom stereocenters. The lowest BCUT2D eigenvalue weighted by atomic mass is 10.0. The highest BCUT2D eigenvalue weighted by molar-refractivity contribution is 7.46. The molecule has 0 aromatic carbocycles. The Balaban J connectivity index is 3.94. The third-order valence-corrected chi connectivity index (χ3v) is 8.52. The smallest absolute Gasteiger partial charge is 0.462 e. The Morgan fingerprint density at radius 1 is 0.556 bits per heavy atom. The SMILES string of the molecule is CCCC/C=C\CCCCCCCC(=O)OC[C@H](COP(=O)(O)O)OC(=O)CCCCCCCCCCCCCCCCCC. The molecule has 0 aliphatic carbocycles. The minimum absolute atomic E-state index is 0.216. The molecule has 1 atom stereocenters. The fourth-order valence-corrected chi connectivity index (χ4v) is 5.60. The summed E-state index contributed by atoms with van der Waals surface area (Å²) in [5.74, 6) is -0.889. The Morgan fingerprint density at radius 2 is 0.956 bits per heavy atom. The van der Waals surface area contributed by atoms with Gasteiger partial charge in [0, 0.05) is 12.8 Å². The number of rotatable bonds is 34. The van der Waals surface area contributed by atoms with Crippen LogP contribution in [0, 0.1) is 0 Å². The van der Waals surface area contributed by atoms with Crippen LogP contribution >= 0.6 is 7.82 Å². The molecule has 0 radical (unpaired) electrons. The van der Waals surface area contributed by atoms with Gasteiger partial charge in [-0.3, -0.25) is 14.1 Å². The molecule has 0 heterocycles. The molecule has 0 aromatic rings. The second kappa shape index (κ2) is 32.7. The zero-order chi connectivity index (χ0) is 33.3. The first-order valence-corrected chi connectivity index (χ1v) is 20.0.